The van der Waals surface area contributed by atoms with Gasteiger partial charge >= 0.3 is 0 Å². The number of primary sulfonamides is 1. The number of hydrogen-bond acceptors (Lipinski definition) is 3. The summed E-state index contributed by atoms with van der Waals surface area (Å²) in [6.45, 7) is 0. The van der Waals surface area contributed by atoms with Gasteiger partial charge in [-0.3, -0.25) is 0 Å². The summed E-state index contributed by atoms with van der Waals surface area (Å²) in [6.07, 6.45) is 0. The van der Waals surface area contributed by atoms with E-state index in [0.717, 1.165) is 0 Å². The highest BCUT2D eigenvalue weighted by atomic mass is 35.5. The number of hydrogen-bond donors (Lipinski definition) is 1. The molecule has 0 amide bonds. The van der Waals surface area contributed by atoms with Crippen LogP contribution in [0.2, 0.25) is 4.34 Å². The Morgan fingerprint density at radius 1 is 1.55 bits per heavy atom. The van der Waals surface area contributed by atoms with E-state index in [2.05, 4.69) is 0 Å². The third-order valence-corrected chi connectivity index (χ3v) is 3.10. The van der Waals surface area contributed by atoms with E-state index in [1.54, 1.807) is 12.1 Å². The van der Waals surface area contributed by atoms with E-state index in [4.69, 9.17) is 16.7 Å². The van der Waals surface area contributed by atoms with Gasteiger partial charge in [0, 0.05) is 4.88 Å². The predicted octanol–water partition coefficient (Wildman–Crippen LogP) is 1.19. The quantitative estimate of drug-likeness (QED) is 0.799. The number of nitrogens with two attached hydrogens (primary N) is 1. The Labute approximate surface area is 73.8 Å². The SMILES string of the molecule is NS(=O)(=O)Cc1ccc(Cl)s1. The molecule has 0 unspecified atom stereocenters. The molecule has 2 N–H and O–H groups in total. The van der Waals surface area contributed by atoms with Crippen molar-refractivity contribution in [1.82, 2.24) is 0 Å². The van der Waals surface area contributed by atoms with E-state index in [0.29, 0.717) is 9.21 Å². The van der Waals surface area contributed by atoms with E-state index in [1.807, 2.05) is 0 Å². The molecule has 1 rings (SSSR count). The normalized spacial score (nSPS) is 11.8. The van der Waals surface area contributed by atoms with Crippen LogP contribution in [0.4, 0.5) is 0 Å². The van der Waals surface area contributed by atoms with Crippen LogP contribution in [0.5, 0.6) is 0 Å². The largest absolute Gasteiger partial charge is 0.228 e. The fraction of sp³-hybridized carbons (Fsp3) is 0.200. The minimum absolute atomic E-state index is 0.135. The third kappa shape index (κ3) is 3.20. The summed E-state index contributed by atoms with van der Waals surface area (Å²) in [5, 5.41) is 4.81. The molecule has 1 aromatic heterocycles. The van der Waals surface area contributed by atoms with E-state index >= 15 is 0 Å². The number of sulfonamides is 1. The van der Waals surface area contributed by atoms with Gasteiger partial charge in [0.1, 0.15) is 0 Å². The van der Waals surface area contributed by atoms with E-state index in [-0.39, 0.29) is 5.75 Å². The molecule has 62 valence electrons. The van der Waals surface area contributed by atoms with Crippen molar-refractivity contribution < 1.29 is 8.42 Å². The average molecular weight is 212 g/mol. The third-order valence-electron chi connectivity index (χ3n) is 0.972. The molecule has 0 aromatic carbocycles. The first kappa shape index (κ1) is 8.99. The molecule has 0 fully saturated rings. The molecular weight excluding hydrogens is 206 g/mol. The first-order valence-electron chi connectivity index (χ1n) is 2.72. The lowest BCUT2D eigenvalue weighted by Crippen LogP contribution is -2.13. The Kier molecular flexibility index (Phi) is 2.54. The summed E-state index contributed by atoms with van der Waals surface area (Å²) in [5.41, 5.74) is 0. The van der Waals surface area contributed by atoms with Crippen molar-refractivity contribution in [2.75, 3.05) is 0 Å². The fourth-order valence-corrected chi connectivity index (χ4v) is 2.73. The van der Waals surface area contributed by atoms with Crippen LogP contribution in [0, 0.1) is 0 Å². The van der Waals surface area contributed by atoms with Gasteiger partial charge in [0.25, 0.3) is 0 Å². The highest BCUT2D eigenvalue weighted by molar-refractivity contribution is 7.88. The summed E-state index contributed by atoms with van der Waals surface area (Å²) in [7, 11) is -3.41. The lowest BCUT2D eigenvalue weighted by molar-refractivity contribution is 0.597. The maximum atomic E-state index is 10.6. The van der Waals surface area contributed by atoms with Crippen LogP contribution in [0.3, 0.4) is 0 Å². The van der Waals surface area contributed by atoms with Crippen molar-refractivity contribution >= 4 is 33.0 Å². The van der Waals surface area contributed by atoms with Crippen LogP contribution in [0.25, 0.3) is 0 Å². The molecule has 0 aliphatic carbocycles. The van der Waals surface area contributed by atoms with Gasteiger partial charge in [-0.2, -0.15) is 0 Å². The molecule has 0 saturated carbocycles. The van der Waals surface area contributed by atoms with Gasteiger partial charge in [0.15, 0.2) is 0 Å². The monoisotopic (exact) mass is 211 g/mol. The Balaban J connectivity index is 2.81. The Morgan fingerprint density at radius 2 is 2.18 bits per heavy atom. The maximum Gasteiger partial charge on any atom is 0.214 e. The van der Waals surface area contributed by atoms with Crippen LogP contribution in [-0.2, 0) is 15.8 Å². The molecule has 0 radical (unpaired) electrons. The van der Waals surface area contributed by atoms with E-state index < -0.39 is 10.0 Å². The first-order valence-corrected chi connectivity index (χ1v) is 5.63. The minimum Gasteiger partial charge on any atom is -0.228 e. The molecule has 0 saturated heterocycles. The lowest BCUT2D eigenvalue weighted by atomic mass is 10.5. The van der Waals surface area contributed by atoms with Gasteiger partial charge in [0.2, 0.25) is 10.0 Å². The zero-order valence-electron chi connectivity index (χ0n) is 5.45. The Hall–Kier alpha value is -0.100. The van der Waals surface area contributed by atoms with Crippen LogP contribution < -0.4 is 5.14 Å². The van der Waals surface area contributed by atoms with Crippen LogP contribution in [0.15, 0.2) is 12.1 Å². The van der Waals surface area contributed by atoms with Gasteiger partial charge < -0.3 is 0 Å². The topological polar surface area (TPSA) is 60.2 Å². The zero-order chi connectivity index (χ0) is 8.48. The fourth-order valence-electron chi connectivity index (χ4n) is 0.628. The molecule has 6 heteroatoms. The molecule has 0 bridgehead atoms. The zero-order valence-corrected chi connectivity index (χ0v) is 7.84. The van der Waals surface area contributed by atoms with Crippen LogP contribution in [0.1, 0.15) is 4.88 Å². The molecule has 1 heterocycles. The van der Waals surface area contributed by atoms with Crippen molar-refractivity contribution in [2.24, 2.45) is 5.14 Å². The van der Waals surface area contributed by atoms with Crippen molar-refractivity contribution in [1.29, 1.82) is 0 Å². The predicted molar refractivity (Wildman–Crippen MR) is 46.1 cm³/mol. The first-order chi connectivity index (χ1) is 4.97. The number of rotatable bonds is 2. The van der Waals surface area contributed by atoms with Crippen molar-refractivity contribution in [3.63, 3.8) is 0 Å². The van der Waals surface area contributed by atoms with E-state index in [9.17, 15) is 8.42 Å². The van der Waals surface area contributed by atoms with Gasteiger partial charge in [-0.25, -0.2) is 13.6 Å². The smallest absolute Gasteiger partial charge is 0.214 e. The molecule has 0 aliphatic rings. The highest BCUT2D eigenvalue weighted by Gasteiger charge is 2.06. The minimum atomic E-state index is -3.41. The summed E-state index contributed by atoms with van der Waals surface area (Å²) in [5.74, 6) is -0.135. The number of thiophene rings is 1. The summed E-state index contributed by atoms with van der Waals surface area (Å²) in [6, 6.07) is 3.30. The van der Waals surface area contributed by atoms with Crippen LogP contribution >= 0.6 is 22.9 Å². The Morgan fingerprint density at radius 3 is 2.55 bits per heavy atom. The molecular formula is C5H6ClNO2S2. The van der Waals surface area contributed by atoms with E-state index in [1.165, 1.54) is 11.3 Å². The van der Waals surface area contributed by atoms with Gasteiger partial charge in [0.05, 0.1) is 10.1 Å². The summed E-state index contributed by atoms with van der Waals surface area (Å²) in [4.78, 5) is 0.664. The molecule has 11 heavy (non-hydrogen) atoms. The second-order valence-corrected chi connectivity index (χ2v) is 5.43. The maximum absolute atomic E-state index is 10.6. The summed E-state index contributed by atoms with van der Waals surface area (Å²) >= 11 is 6.79. The molecule has 0 spiro atoms. The van der Waals surface area contributed by atoms with Crippen molar-refractivity contribution in [3.05, 3.63) is 21.3 Å². The van der Waals surface area contributed by atoms with Crippen molar-refractivity contribution in [2.45, 2.75) is 5.75 Å². The second-order valence-electron chi connectivity index (χ2n) is 2.01. The number of halogens is 1. The standard InChI is InChI=1S/C5H6ClNO2S2/c6-5-2-1-4(10-5)3-11(7,8)9/h1-2H,3H2,(H2,7,8,9). The molecule has 1 aromatic rings. The average Bonchev–Trinajstić information content (AvgIpc) is 2.10. The Bertz CT molecular complexity index is 343. The molecule has 0 aliphatic heterocycles. The van der Waals surface area contributed by atoms with Crippen LogP contribution in [-0.4, -0.2) is 8.42 Å². The van der Waals surface area contributed by atoms with Gasteiger partial charge in [-0.1, -0.05) is 11.6 Å². The lowest BCUT2D eigenvalue weighted by Gasteiger charge is -1.91. The van der Waals surface area contributed by atoms with Gasteiger partial charge in [-0.05, 0) is 12.1 Å². The van der Waals surface area contributed by atoms with Gasteiger partial charge in [-0.15, -0.1) is 11.3 Å². The highest BCUT2D eigenvalue weighted by Crippen LogP contribution is 2.22. The summed E-state index contributed by atoms with van der Waals surface area (Å²) < 4.78 is 21.7. The van der Waals surface area contributed by atoms with Crippen molar-refractivity contribution in [3.8, 4) is 0 Å². The second kappa shape index (κ2) is 3.10. The molecule has 3 nitrogen and oxygen atoms in total. The molecule has 0 atom stereocenters.